The van der Waals surface area contributed by atoms with Gasteiger partial charge in [-0.15, -0.1) is 10.2 Å². The number of hydrogen-bond donors (Lipinski definition) is 1. The molecule has 0 spiro atoms. The fourth-order valence-electron chi connectivity index (χ4n) is 1.01. The number of nitrogens with zero attached hydrogens (tertiary/aromatic N) is 3. The van der Waals surface area contributed by atoms with Crippen LogP contribution in [0.1, 0.15) is 10.6 Å². The summed E-state index contributed by atoms with van der Waals surface area (Å²) in [5, 5.41) is 7.39. The maximum absolute atomic E-state index is 10.8. The van der Waals surface area contributed by atoms with Crippen LogP contribution in [-0.4, -0.2) is 20.5 Å². The number of rotatable bonds is 1. The fraction of sp³-hybridized carbons (Fsp3) is 0. The molecule has 0 aromatic carbocycles. The molecule has 0 aliphatic carbocycles. The Balaban J connectivity index is 2.79. The van der Waals surface area contributed by atoms with Gasteiger partial charge in [-0.2, -0.15) is 0 Å². The van der Waals surface area contributed by atoms with Crippen LogP contribution in [0.25, 0.3) is 5.65 Å². The topological polar surface area (TPSA) is 73.3 Å². The number of amides is 1. The highest BCUT2D eigenvalue weighted by Gasteiger charge is 2.08. The molecule has 0 saturated heterocycles. The maximum Gasteiger partial charge on any atom is 0.287 e. The number of primary amides is 1. The van der Waals surface area contributed by atoms with Gasteiger partial charge in [-0.1, -0.05) is 6.07 Å². The summed E-state index contributed by atoms with van der Waals surface area (Å²) in [6, 6.07) is 5.34. The first-order valence-electron chi connectivity index (χ1n) is 3.38. The van der Waals surface area contributed by atoms with Gasteiger partial charge < -0.3 is 5.73 Å². The van der Waals surface area contributed by atoms with Crippen molar-refractivity contribution in [2.45, 2.75) is 0 Å². The maximum atomic E-state index is 10.8. The average Bonchev–Trinajstić information content (AvgIpc) is 2.47. The van der Waals surface area contributed by atoms with Crippen LogP contribution in [-0.2, 0) is 0 Å². The van der Waals surface area contributed by atoms with Gasteiger partial charge in [0.15, 0.2) is 5.65 Å². The van der Waals surface area contributed by atoms with Crippen molar-refractivity contribution in [1.82, 2.24) is 14.6 Å². The Hall–Kier alpha value is -1.91. The normalized spacial score (nSPS) is 10.3. The Morgan fingerprint density at radius 1 is 1.42 bits per heavy atom. The molecule has 2 N–H and O–H groups in total. The lowest BCUT2D eigenvalue weighted by atomic mass is 10.4. The molecule has 0 aliphatic rings. The Labute approximate surface area is 67.8 Å². The number of carbonyl (C=O) groups is 1. The zero-order valence-electron chi connectivity index (χ0n) is 6.14. The minimum atomic E-state index is -0.575. The summed E-state index contributed by atoms with van der Waals surface area (Å²) in [5.74, 6) is -0.417. The lowest BCUT2D eigenvalue weighted by Crippen LogP contribution is -2.14. The van der Waals surface area contributed by atoms with E-state index in [1.807, 2.05) is 6.07 Å². The van der Waals surface area contributed by atoms with Crippen molar-refractivity contribution >= 4 is 11.6 Å². The van der Waals surface area contributed by atoms with Gasteiger partial charge in [0, 0.05) is 6.20 Å². The van der Waals surface area contributed by atoms with E-state index in [0.29, 0.717) is 5.65 Å². The Bertz CT molecular complexity index is 434. The van der Waals surface area contributed by atoms with Crippen LogP contribution in [0.2, 0.25) is 0 Å². The predicted octanol–water partition coefficient (Wildman–Crippen LogP) is -0.172. The molecule has 0 radical (unpaired) electrons. The largest absolute Gasteiger partial charge is 0.363 e. The molecule has 60 valence electrons. The van der Waals surface area contributed by atoms with E-state index in [4.69, 9.17) is 5.73 Å². The molecule has 0 unspecified atom stereocenters. The summed E-state index contributed by atoms with van der Waals surface area (Å²) in [5.41, 5.74) is 5.68. The van der Waals surface area contributed by atoms with E-state index in [-0.39, 0.29) is 5.82 Å². The van der Waals surface area contributed by atoms with E-state index in [1.54, 1.807) is 22.7 Å². The molecule has 5 heteroatoms. The Morgan fingerprint density at radius 3 is 3.00 bits per heavy atom. The first kappa shape index (κ1) is 6.78. The summed E-state index contributed by atoms with van der Waals surface area (Å²) in [6.45, 7) is 0. The summed E-state index contributed by atoms with van der Waals surface area (Å²) in [6.07, 6.45) is 1.69. The Kier molecular flexibility index (Phi) is 1.30. The van der Waals surface area contributed by atoms with Crippen LogP contribution < -0.4 is 5.73 Å². The molecule has 2 aromatic heterocycles. The second-order valence-corrected chi connectivity index (χ2v) is 2.32. The van der Waals surface area contributed by atoms with E-state index in [0.717, 1.165) is 0 Å². The van der Waals surface area contributed by atoms with Gasteiger partial charge in [0.25, 0.3) is 5.91 Å². The number of pyridine rings is 1. The first-order chi connectivity index (χ1) is 5.79. The van der Waals surface area contributed by atoms with Crippen molar-refractivity contribution in [3.8, 4) is 0 Å². The SMILES string of the molecule is NC(=O)c1nnc2ccccn12. The molecular formula is C7H6N4O. The van der Waals surface area contributed by atoms with Crippen molar-refractivity contribution in [3.63, 3.8) is 0 Å². The van der Waals surface area contributed by atoms with Crippen LogP contribution in [0.15, 0.2) is 24.4 Å². The van der Waals surface area contributed by atoms with E-state index in [1.165, 1.54) is 0 Å². The standard InChI is InChI=1S/C7H6N4O/c8-6(12)7-10-9-5-3-1-2-4-11(5)7/h1-4H,(H2,8,12). The van der Waals surface area contributed by atoms with Crippen LogP contribution in [0.4, 0.5) is 0 Å². The molecule has 0 fully saturated rings. The Morgan fingerprint density at radius 2 is 2.25 bits per heavy atom. The van der Waals surface area contributed by atoms with Crippen LogP contribution >= 0.6 is 0 Å². The zero-order chi connectivity index (χ0) is 8.55. The van der Waals surface area contributed by atoms with Gasteiger partial charge in [-0.05, 0) is 12.1 Å². The van der Waals surface area contributed by atoms with E-state index >= 15 is 0 Å². The molecule has 5 nitrogen and oxygen atoms in total. The predicted molar refractivity (Wildman–Crippen MR) is 41.5 cm³/mol. The molecule has 2 heterocycles. The molecule has 2 rings (SSSR count). The molecule has 12 heavy (non-hydrogen) atoms. The third-order valence-corrected chi connectivity index (χ3v) is 1.53. The highest BCUT2D eigenvalue weighted by Crippen LogP contribution is 2.00. The third kappa shape index (κ3) is 0.833. The minimum Gasteiger partial charge on any atom is -0.363 e. The second-order valence-electron chi connectivity index (χ2n) is 2.32. The molecule has 1 amide bonds. The quantitative estimate of drug-likeness (QED) is 0.632. The van der Waals surface area contributed by atoms with Crippen molar-refractivity contribution in [1.29, 1.82) is 0 Å². The highest BCUT2D eigenvalue weighted by molar-refractivity contribution is 5.89. The lowest BCUT2D eigenvalue weighted by Gasteiger charge is -1.92. The molecule has 0 aliphatic heterocycles. The molecular weight excluding hydrogens is 156 g/mol. The second kappa shape index (κ2) is 2.30. The van der Waals surface area contributed by atoms with E-state index in [9.17, 15) is 4.79 Å². The average molecular weight is 162 g/mol. The van der Waals surface area contributed by atoms with Gasteiger partial charge in [0.2, 0.25) is 5.82 Å². The highest BCUT2D eigenvalue weighted by atomic mass is 16.1. The summed E-state index contributed by atoms with van der Waals surface area (Å²) >= 11 is 0. The van der Waals surface area contributed by atoms with Gasteiger partial charge in [0.1, 0.15) is 0 Å². The number of fused-ring (bicyclic) bond motifs is 1. The number of aromatic nitrogens is 3. The number of hydrogen-bond acceptors (Lipinski definition) is 3. The minimum absolute atomic E-state index is 0.158. The van der Waals surface area contributed by atoms with Crippen molar-refractivity contribution in [3.05, 3.63) is 30.2 Å². The van der Waals surface area contributed by atoms with Crippen LogP contribution in [0.5, 0.6) is 0 Å². The van der Waals surface area contributed by atoms with Gasteiger partial charge >= 0.3 is 0 Å². The van der Waals surface area contributed by atoms with Gasteiger partial charge in [-0.25, -0.2) is 0 Å². The monoisotopic (exact) mass is 162 g/mol. The third-order valence-electron chi connectivity index (χ3n) is 1.53. The molecule has 0 bridgehead atoms. The van der Waals surface area contributed by atoms with Crippen molar-refractivity contribution in [2.75, 3.05) is 0 Å². The number of nitrogens with two attached hydrogens (primary N) is 1. The molecule has 0 saturated carbocycles. The number of carbonyl (C=O) groups excluding carboxylic acids is 1. The molecule has 0 atom stereocenters. The fourth-order valence-corrected chi connectivity index (χ4v) is 1.01. The molecule has 2 aromatic rings. The van der Waals surface area contributed by atoms with Crippen molar-refractivity contribution in [2.24, 2.45) is 5.73 Å². The summed E-state index contributed by atoms with van der Waals surface area (Å²) < 4.78 is 1.54. The summed E-state index contributed by atoms with van der Waals surface area (Å²) in [4.78, 5) is 10.8. The van der Waals surface area contributed by atoms with Gasteiger partial charge in [0.05, 0.1) is 0 Å². The first-order valence-corrected chi connectivity index (χ1v) is 3.38. The summed E-state index contributed by atoms with van der Waals surface area (Å²) in [7, 11) is 0. The lowest BCUT2D eigenvalue weighted by molar-refractivity contribution is 0.0989. The van der Waals surface area contributed by atoms with E-state index in [2.05, 4.69) is 10.2 Å². The van der Waals surface area contributed by atoms with Crippen molar-refractivity contribution < 1.29 is 4.79 Å². The van der Waals surface area contributed by atoms with Crippen LogP contribution in [0.3, 0.4) is 0 Å². The van der Waals surface area contributed by atoms with Gasteiger partial charge in [-0.3, -0.25) is 9.20 Å². The van der Waals surface area contributed by atoms with E-state index < -0.39 is 5.91 Å². The van der Waals surface area contributed by atoms with Crippen LogP contribution in [0, 0.1) is 0 Å². The smallest absolute Gasteiger partial charge is 0.287 e. The zero-order valence-corrected chi connectivity index (χ0v) is 6.14.